The molecule has 0 saturated heterocycles. The van der Waals surface area contributed by atoms with Crippen LogP contribution in [0.25, 0.3) is 0 Å². The number of nitrogens with one attached hydrogen (secondary N) is 1. The van der Waals surface area contributed by atoms with Crippen LogP contribution in [0.2, 0.25) is 0 Å². The molecule has 0 amide bonds. The first kappa shape index (κ1) is 16.8. The first-order valence-electron chi connectivity index (χ1n) is 7.82. The predicted molar refractivity (Wildman–Crippen MR) is 87.2 cm³/mol. The summed E-state index contributed by atoms with van der Waals surface area (Å²) in [6.07, 6.45) is 6.27. The van der Waals surface area contributed by atoms with Gasteiger partial charge in [0.2, 0.25) is 0 Å². The fourth-order valence-electron chi connectivity index (χ4n) is 2.14. The second-order valence-electron chi connectivity index (χ2n) is 5.71. The van der Waals surface area contributed by atoms with Gasteiger partial charge in [0.1, 0.15) is 5.82 Å². The van der Waals surface area contributed by atoms with Crippen molar-refractivity contribution in [2.45, 2.75) is 58.9 Å². The van der Waals surface area contributed by atoms with Crippen LogP contribution in [-0.4, -0.2) is 19.6 Å². The average molecular weight is 280 g/mol. The Morgan fingerprint density at radius 1 is 1.15 bits per heavy atom. The van der Waals surface area contributed by atoms with Crippen molar-refractivity contribution in [3.63, 3.8) is 0 Å². The summed E-state index contributed by atoms with van der Waals surface area (Å²) in [4.78, 5) is 1.95. The molecular weight excluding hydrogens is 251 g/mol. The number of rotatable bonds is 9. The summed E-state index contributed by atoms with van der Waals surface area (Å²) in [5, 5.41) is 3.30. The Morgan fingerprint density at radius 2 is 1.85 bits per heavy atom. The molecule has 114 valence electrons. The normalized spacial score (nSPS) is 10.9. The van der Waals surface area contributed by atoms with Crippen LogP contribution < -0.4 is 10.2 Å². The van der Waals surface area contributed by atoms with Crippen LogP contribution in [0, 0.1) is 5.82 Å². The van der Waals surface area contributed by atoms with E-state index in [1.54, 1.807) is 6.07 Å². The van der Waals surface area contributed by atoms with Crippen molar-refractivity contribution >= 4 is 11.4 Å². The Balaban J connectivity index is 2.43. The molecule has 0 aliphatic rings. The largest absolute Gasteiger partial charge is 0.385 e. The summed E-state index contributed by atoms with van der Waals surface area (Å²) < 4.78 is 14.1. The molecule has 0 atom stereocenters. The smallest absolute Gasteiger partial charge is 0.148 e. The molecule has 0 unspecified atom stereocenters. The van der Waals surface area contributed by atoms with Gasteiger partial charge in [-0.05, 0) is 38.5 Å². The molecule has 0 aliphatic carbocycles. The number of halogens is 1. The van der Waals surface area contributed by atoms with Crippen molar-refractivity contribution in [1.82, 2.24) is 0 Å². The summed E-state index contributed by atoms with van der Waals surface area (Å²) in [5.74, 6) is -0.155. The lowest BCUT2D eigenvalue weighted by atomic mass is 10.1. The maximum atomic E-state index is 14.1. The monoisotopic (exact) mass is 280 g/mol. The van der Waals surface area contributed by atoms with Crippen molar-refractivity contribution in [2.75, 3.05) is 23.8 Å². The van der Waals surface area contributed by atoms with E-state index < -0.39 is 0 Å². The molecule has 1 rings (SSSR count). The Hall–Kier alpha value is -1.25. The van der Waals surface area contributed by atoms with Crippen LogP contribution in [0.3, 0.4) is 0 Å². The van der Waals surface area contributed by atoms with E-state index in [0.29, 0.717) is 11.7 Å². The van der Waals surface area contributed by atoms with Gasteiger partial charge in [-0.15, -0.1) is 0 Å². The molecule has 2 nitrogen and oxygen atoms in total. The van der Waals surface area contributed by atoms with Gasteiger partial charge >= 0.3 is 0 Å². The molecule has 0 radical (unpaired) electrons. The summed E-state index contributed by atoms with van der Waals surface area (Å²) >= 11 is 0. The molecule has 3 heteroatoms. The summed E-state index contributed by atoms with van der Waals surface area (Å²) in [6.45, 7) is 7.25. The molecule has 0 bridgehead atoms. The molecule has 1 N–H and O–H groups in total. The highest BCUT2D eigenvalue weighted by atomic mass is 19.1. The van der Waals surface area contributed by atoms with Crippen LogP contribution in [-0.2, 0) is 0 Å². The summed E-state index contributed by atoms with van der Waals surface area (Å²) in [7, 11) is 1.92. The van der Waals surface area contributed by atoms with Crippen LogP contribution in [0.15, 0.2) is 18.2 Å². The van der Waals surface area contributed by atoms with Gasteiger partial charge in [0.05, 0.1) is 5.69 Å². The molecule has 0 aromatic heterocycles. The minimum Gasteiger partial charge on any atom is -0.385 e. The first-order chi connectivity index (χ1) is 9.56. The molecular formula is C17H29FN2. The first-order valence-corrected chi connectivity index (χ1v) is 7.82. The Bertz CT molecular complexity index is 391. The van der Waals surface area contributed by atoms with Gasteiger partial charge in [-0.3, -0.25) is 0 Å². The number of hydrogen-bond donors (Lipinski definition) is 1. The molecule has 20 heavy (non-hydrogen) atoms. The minimum absolute atomic E-state index is 0.155. The van der Waals surface area contributed by atoms with Crippen molar-refractivity contribution in [3.05, 3.63) is 24.0 Å². The highest BCUT2D eigenvalue weighted by Gasteiger charge is 2.10. The van der Waals surface area contributed by atoms with Crippen molar-refractivity contribution in [3.8, 4) is 0 Å². The van der Waals surface area contributed by atoms with Crippen molar-refractivity contribution in [2.24, 2.45) is 0 Å². The lowest BCUT2D eigenvalue weighted by Gasteiger charge is -2.24. The van der Waals surface area contributed by atoms with Crippen molar-refractivity contribution in [1.29, 1.82) is 0 Å². The third-order valence-corrected chi connectivity index (χ3v) is 3.71. The highest BCUT2D eigenvalue weighted by molar-refractivity contribution is 5.56. The van der Waals surface area contributed by atoms with Gasteiger partial charge in [-0.25, -0.2) is 4.39 Å². The van der Waals surface area contributed by atoms with E-state index in [1.807, 2.05) is 24.1 Å². The van der Waals surface area contributed by atoms with Gasteiger partial charge in [-0.2, -0.15) is 0 Å². The number of nitrogens with zero attached hydrogens (tertiary/aromatic N) is 1. The second-order valence-corrected chi connectivity index (χ2v) is 5.71. The Morgan fingerprint density at radius 3 is 2.45 bits per heavy atom. The fraction of sp³-hybridized carbons (Fsp3) is 0.647. The number of benzene rings is 1. The van der Waals surface area contributed by atoms with Crippen molar-refractivity contribution < 1.29 is 4.39 Å². The maximum absolute atomic E-state index is 14.1. The summed E-state index contributed by atoms with van der Waals surface area (Å²) in [6, 6.07) is 5.71. The highest BCUT2D eigenvalue weighted by Crippen LogP contribution is 2.23. The molecule has 0 aliphatic heterocycles. The van der Waals surface area contributed by atoms with Gasteiger partial charge in [0, 0.05) is 25.3 Å². The van der Waals surface area contributed by atoms with Crippen LogP contribution in [0.4, 0.5) is 15.8 Å². The second kappa shape index (κ2) is 8.83. The molecule has 0 fully saturated rings. The van der Waals surface area contributed by atoms with E-state index in [-0.39, 0.29) is 5.82 Å². The molecule has 0 spiro atoms. The topological polar surface area (TPSA) is 15.3 Å². The van der Waals surface area contributed by atoms with Gasteiger partial charge < -0.3 is 10.2 Å². The van der Waals surface area contributed by atoms with E-state index in [1.165, 1.54) is 25.7 Å². The standard InChI is InChI=1S/C17H29FN2/c1-5-6-7-8-9-12-19-15-10-11-17(16(18)13-15)20(4)14(2)3/h10-11,13-14,19H,5-9,12H2,1-4H3. The van der Waals surface area contributed by atoms with E-state index in [0.717, 1.165) is 18.7 Å². The molecule has 1 aromatic carbocycles. The van der Waals surface area contributed by atoms with Gasteiger partial charge in [-0.1, -0.05) is 32.6 Å². The minimum atomic E-state index is -0.155. The predicted octanol–water partition coefficient (Wildman–Crippen LogP) is 5.05. The third-order valence-electron chi connectivity index (χ3n) is 3.71. The zero-order valence-corrected chi connectivity index (χ0v) is 13.4. The average Bonchev–Trinajstić information content (AvgIpc) is 2.42. The van der Waals surface area contributed by atoms with E-state index in [2.05, 4.69) is 26.1 Å². The zero-order valence-electron chi connectivity index (χ0n) is 13.4. The lowest BCUT2D eigenvalue weighted by Crippen LogP contribution is -2.26. The maximum Gasteiger partial charge on any atom is 0.148 e. The fourth-order valence-corrected chi connectivity index (χ4v) is 2.14. The Labute approximate surface area is 123 Å². The molecule has 0 saturated carbocycles. The van der Waals surface area contributed by atoms with Crippen LogP contribution >= 0.6 is 0 Å². The number of unbranched alkanes of at least 4 members (excludes halogenated alkanes) is 4. The van der Waals surface area contributed by atoms with E-state index >= 15 is 0 Å². The van der Waals surface area contributed by atoms with E-state index in [4.69, 9.17) is 0 Å². The van der Waals surface area contributed by atoms with Crippen LogP contribution in [0.5, 0.6) is 0 Å². The molecule has 0 heterocycles. The number of anilines is 2. The lowest BCUT2D eigenvalue weighted by molar-refractivity contribution is 0.613. The third kappa shape index (κ3) is 5.40. The Kier molecular flexibility index (Phi) is 7.42. The molecule has 1 aromatic rings. The van der Waals surface area contributed by atoms with Gasteiger partial charge in [0.15, 0.2) is 0 Å². The van der Waals surface area contributed by atoms with E-state index in [9.17, 15) is 4.39 Å². The van der Waals surface area contributed by atoms with Gasteiger partial charge in [0.25, 0.3) is 0 Å². The van der Waals surface area contributed by atoms with Crippen LogP contribution in [0.1, 0.15) is 52.9 Å². The zero-order chi connectivity index (χ0) is 15.0. The number of hydrogen-bond acceptors (Lipinski definition) is 2. The SMILES string of the molecule is CCCCCCCNc1ccc(N(C)C(C)C)c(F)c1. The quantitative estimate of drug-likeness (QED) is 0.637. The summed E-state index contributed by atoms with van der Waals surface area (Å²) in [5.41, 5.74) is 1.53.